The maximum atomic E-state index is 12.4. The van der Waals surface area contributed by atoms with Crippen LogP contribution in [0.5, 0.6) is 0 Å². The second kappa shape index (κ2) is 4.24. The molecule has 0 bridgehead atoms. The molecule has 0 radical (unpaired) electrons. The molecule has 0 aliphatic heterocycles. The number of aryl methyl sites for hydroxylation is 2. The number of alkyl halides is 1. The summed E-state index contributed by atoms with van der Waals surface area (Å²) in [6, 6.07) is 5.94. The number of hydrogen-bond donors (Lipinski definition) is 0. The van der Waals surface area contributed by atoms with Gasteiger partial charge in [0.15, 0.2) is 0 Å². The Morgan fingerprint density at radius 3 is 2.58 bits per heavy atom. The minimum atomic E-state index is -0.338. The van der Waals surface area contributed by atoms with E-state index in [9.17, 15) is 4.39 Å². The molecule has 0 fully saturated rings. The lowest BCUT2D eigenvalue weighted by atomic mass is 10.0. The van der Waals surface area contributed by atoms with Crippen LogP contribution in [0.3, 0.4) is 0 Å². The number of halogens is 1. The largest absolute Gasteiger partial charge is 0.246 e. The number of benzene rings is 1. The third kappa shape index (κ3) is 2.07. The average molecular weight is 166 g/mol. The van der Waals surface area contributed by atoms with E-state index in [1.807, 2.05) is 19.1 Å². The Hall–Kier alpha value is -0.850. The summed E-state index contributed by atoms with van der Waals surface area (Å²) in [5.74, 6) is 0. The Bertz CT molecular complexity index is 253. The van der Waals surface area contributed by atoms with E-state index in [1.165, 1.54) is 11.1 Å². The van der Waals surface area contributed by atoms with Gasteiger partial charge < -0.3 is 0 Å². The normalized spacial score (nSPS) is 10.2. The molecular formula is C11H15F. The fourth-order valence-corrected chi connectivity index (χ4v) is 1.39. The summed E-state index contributed by atoms with van der Waals surface area (Å²) in [4.78, 5) is 0. The monoisotopic (exact) mass is 166 g/mol. The molecule has 1 heteroatoms. The molecule has 0 heterocycles. The fourth-order valence-electron chi connectivity index (χ4n) is 1.39. The molecule has 1 aromatic carbocycles. The highest BCUT2D eigenvalue weighted by atomic mass is 19.1. The maximum Gasteiger partial charge on any atom is 0.115 e. The Kier molecular flexibility index (Phi) is 3.27. The molecule has 0 aliphatic carbocycles. The molecule has 0 N–H and O–H groups in total. The van der Waals surface area contributed by atoms with Crippen molar-refractivity contribution in [1.29, 1.82) is 0 Å². The molecule has 0 aliphatic rings. The minimum absolute atomic E-state index is 0.338. The molecule has 1 rings (SSSR count). The third-order valence-electron chi connectivity index (χ3n) is 2.03. The van der Waals surface area contributed by atoms with Crippen molar-refractivity contribution in [2.45, 2.75) is 33.4 Å². The lowest BCUT2D eigenvalue weighted by Crippen LogP contribution is -1.92. The van der Waals surface area contributed by atoms with Crippen LogP contribution in [-0.4, -0.2) is 0 Å². The Morgan fingerprint density at radius 1 is 1.25 bits per heavy atom. The first-order chi connectivity index (χ1) is 5.77. The van der Waals surface area contributed by atoms with Gasteiger partial charge in [0.2, 0.25) is 0 Å². The molecule has 12 heavy (non-hydrogen) atoms. The molecule has 0 saturated carbocycles. The van der Waals surface area contributed by atoms with Crippen molar-refractivity contribution in [3.8, 4) is 0 Å². The van der Waals surface area contributed by atoms with E-state index < -0.39 is 0 Å². The minimum Gasteiger partial charge on any atom is -0.246 e. The second-order valence-electron chi connectivity index (χ2n) is 3.16. The summed E-state index contributed by atoms with van der Waals surface area (Å²) in [5, 5.41) is 0. The highest BCUT2D eigenvalue weighted by Gasteiger charge is 2.00. The van der Waals surface area contributed by atoms with Crippen LogP contribution in [0.15, 0.2) is 18.2 Å². The maximum absolute atomic E-state index is 12.4. The summed E-state index contributed by atoms with van der Waals surface area (Å²) < 4.78 is 12.4. The molecule has 0 atom stereocenters. The van der Waals surface area contributed by atoms with Gasteiger partial charge >= 0.3 is 0 Å². The van der Waals surface area contributed by atoms with Crippen molar-refractivity contribution in [3.63, 3.8) is 0 Å². The van der Waals surface area contributed by atoms with Crippen LogP contribution < -0.4 is 0 Å². The molecule has 0 nitrogen and oxygen atoms in total. The van der Waals surface area contributed by atoms with E-state index in [0.29, 0.717) is 0 Å². The van der Waals surface area contributed by atoms with Gasteiger partial charge in [-0.2, -0.15) is 0 Å². The van der Waals surface area contributed by atoms with Gasteiger partial charge in [-0.25, -0.2) is 4.39 Å². The summed E-state index contributed by atoms with van der Waals surface area (Å²) in [6.45, 7) is 3.82. The molecule has 1 aromatic rings. The summed E-state index contributed by atoms with van der Waals surface area (Å²) in [7, 11) is 0. The van der Waals surface area contributed by atoms with Crippen LogP contribution in [0.25, 0.3) is 0 Å². The number of hydrogen-bond acceptors (Lipinski definition) is 0. The van der Waals surface area contributed by atoms with Gasteiger partial charge in [0.25, 0.3) is 0 Å². The van der Waals surface area contributed by atoms with Crippen molar-refractivity contribution in [1.82, 2.24) is 0 Å². The quantitative estimate of drug-likeness (QED) is 0.645. The SMILES string of the molecule is CCCc1cc(C)ccc1CF. The molecular weight excluding hydrogens is 151 g/mol. The first-order valence-corrected chi connectivity index (χ1v) is 4.42. The van der Waals surface area contributed by atoms with Crippen molar-refractivity contribution in [2.75, 3.05) is 0 Å². The van der Waals surface area contributed by atoms with Crippen molar-refractivity contribution < 1.29 is 4.39 Å². The number of rotatable bonds is 3. The van der Waals surface area contributed by atoms with Crippen LogP contribution in [0, 0.1) is 6.92 Å². The summed E-state index contributed by atoms with van der Waals surface area (Å²) in [5.41, 5.74) is 3.23. The second-order valence-corrected chi connectivity index (χ2v) is 3.16. The first kappa shape index (κ1) is 9.24. The van der Waals surface area contributed by atoms with Gasteiger partial charge in [-0.3, -0.25) is 0 Å². The zero-order chi connectivity index (χ0) is 8.97. The molecule has 66 valence electrons. The smallest absolute Gasteiger partial charge is 0.115 e. The topological polar surface area (TPSA) is 0 Å². The highest BCUT2D eigenvalue weighted by Crippen LogP contribution is 2.14. The van der Waals surface area contributed by atoms with Crippen LogP contribution in [0.2, 0.25) is 0 Å². The van der Waals surface area contributed by atoms with Crippen molar-refractivity contribution in [3.05, 3.63) is 34.9 Å². The summed E-state index contributed by atoms with van der Waals surface area (Å²) >= 11 is 0. The molecule has 0 aromatic heterocycles. The van der Waals surface area contributed by atoms with Gasteiger partial charge in [0.1, 0.15) is 6.67 Å². The summed E-state index contributed by atoms with van der Waals surface area (Å²) in [6.07, 6.45) is 2.07. The predicted octanol–water partition coefficient (Wildman–Crippen LogP) is 3.42. The highest BCUT2D eigenvalue weighted by molar-refractivity contribution is 5.31. The van der Waals surface area contributed by atoms with Gasteiger partial charge in [0.05, 0.1) is 0 Å². The molecule has 0 unspecified atom stereocenters. The standard InChI is InChI=1S/C11H15F/c1-3-4-10-7-9(2)5-6-11(10)8-12/h5-7H,3-4,8H2,1-2H3. The van der Waals surface area contributed by atoms with Crippen molar-refractivity contribution >= 4 is 0 Å². The van der Waals surface area contributed by atoms with Crippen LogP contribution >= 0.6 is 0 Å². The van der Waals surface area contributed by atoms with Gasteiger partial charge in [-0.15, -0.1) is 0 Å². The first-order valence-electron chi connectivity index (χ1n) is 4.42. The third-order valence-corrected chi connectivity index (χ3v) is 2.03. The molecule has 0 saturated heterocycles. The van der Waals surface area contributed by atoms with E-state index in [1.54, 1.807) is 0 Å². The Balaban J connectivity index is 2.95. The predicted molar refractivity (Wildman–Crippen MR) is 50.0 cm³/mol. The van der Waals surface area contributed by atoms with E-state index in [4.69, 9.17) is 0 Å². The Morgan fingerprint density at radius 2 is 2.00 bits per heavy atom. The van der Waals surface area contributed by atoms with Crippen LogP contribution in [0.1, 0.15) is 30.0 Å². The van der Waals surface area contributed by atoms with Gasteiger partial charge in [-0.05, 0) is 24.5 Å². The zero-order valence-corrected chi connectivity index (χ0v) is 7.73. The van der Waals surface area contributed by atoms with E-state index in [-0.39, 0.29) is 6.67 Å². The molecule has 0 spiro atoms. The van der Waals surface area contributed by atoms with E-state index in [0.717, 1.165) is 18.4 Å². The van der Waals surface area contributed by atoms with Crippen LogP contribution in [-0.2, 0) is 13.1 Å². The lowest BCUT2D eigenvalue weighted by Gasteiger charge is -2.05. The van der Waals surface area contributed by atoms with Crippen molar-refractivity contribution in [2.24, 2.45) is 0 Å². The average Bonchev–Trinajstić information content (AvgIpc) is 2.05. The van der Waals surface area contributed by atoms with E-state index >= 15 is 0 Å². The van der Waals surface area contributed by atoms with Gasteiger partial charge in [-0.1, -0.05) is 37.1 Å². The lowest BCUT2D eigenvalue weighted by molar-refractivity contribution is 0.482. The zero-order valence-electron chi connectivity index (χ0n) is 7.73. The van der Waals surface area contributed by atoms with Gasteiger partial charge in [0, 0.05) is 0 Å². The Labute approximate surface area is 73.4 Å². The molecule has 0 amide bonds. The fraction of sp³-hybridized carbons (Fsp3) is 0.455. The van der Waals surface area contributed by atoms with E-state index in [2.05, 4.69) is 13.0 Å². The van der Waals surface area contributed by atoms with Crippen LogP contribution in [0.4, 0.5) is 4.39 Å².